The molecule has 1 unspecified atom stereocenters. The van der Waals surface area contributed by atoms with E-state index < -0.39 is 0 Å². The van der Waals surface area contributed by atoms with E-state index in [0.29, 0.717) is 0 Å². The van der Waals surface area contributed by atoms with Crippen molar-refractivity contribution >= 4 is 0 Å². The summed E-state index contributed by atoms with van der Waals surface area (Å²) in [5.74, 6) is 0.766. The molecule has 1 N–H and O–H groups in total. The van der Waals surface area contributed by atoms with Gasteiger partial charge >= 0.3 is 0 Å². The third kappa shape index (κ3) is 4.36. The minimum Gasteiger partial charge on any atom is -0.319 e. The normalized spacial score (nSPS) is 12.7. The SMILES string of the molecule is CCCc1ccc(CC(CC)CNC)cc1. The quantitative estimate of drug-likeness (QED) is 0.741. The van der Waals surface area contributed by atoms with Crippen molar-refractivity contribution in [3.05, 3.63) is 35.4 Å². The van der Waals surface area contributed by atoms with Crippen LogP contribution in [-0.2, 0) is 12.8 Å². The van der Waals surface area contributed by atoms with E-state index in [0.717, 1.165) is 12.5 Å². The molecule has 0 aliphatic heterocycles. The van der Waals surface area contributed by atoms with Gasteiger partial charge < -0.3 is 5.32 Å². The minimum absolute atomic E-state index is 0.766. The highest BCUT2D eigenvalue weighted by atomic mass is 14.8. The van der Waals surface area contributed by atoms with Gasteiger partial charge in [0.05, 0.1) is 0 Å². The van der Waals surface area contributed by atoms with Crippen molar-refractivity contribution in [3.63, 3.8) is 0 Å². The maximum absolute atomic E-state index is 3.27. The molecule has 1 heteroatoms. The monoisotopic (exact) mass is 219 g/mol. The Bertz CT molecular complexity index is 276. The van der Waals surface area contributed by atoms with E-state index in [9.17, 15) is 0 Å². The molecule has 90 valence electrons. The van der Waals surface area contributed by atoms with Gasteiger partial charge in [-0.2, -0.15) is 0 Å². The largest absolute Gasteiger partial charge is 0.319 e. The fourth-order valence-corrected chi connectivity index (χ4v) is 2.11. The van der Waals surface area contributed by atoms with Crippen LogP contribution >= 0.6 is 0 Å². The molecule has 0 fully saturated rings. The van der Waals surface area contributed by atoms with Crippen molar-refractivity contribution in [3.8, 4) is 0 Å². The Kier molecular flexibility index (Phi) is 6.17. The summed E-state index contributed by atoms with van der Waals surface area (Å²) in [4.78, 5) is 0. The smallest absolute Gasteiger partial charge is 0.00204 e. The predicted molar refractivity (Wildman–Crippen MR) is 71.8 cm³/mol. The number of benzene rings is 1. The van der Waals surface area contributed by atoms with E-state index in [-0.39, 0.29) is 0 Å². The zero-order valence-corrected chi connectivity index (χ0v) is 10.9. The van der Waals surface area contributed by atoms with E-state index >= 15 is 0 Å². The molecule has 0 aromatic heterocycles. The first kappa shape index (κ1) is 13.2. The Morgan fingerprint density at radius 3 is 2.19 bits per heavy atom. The molecule has 1 rings (SSSR count). The zero-order chi connectivity index (χ0) is 11.8. The second-order valence-corrected chi connectivity index (χ2v) is 4.60. The van der Waals surface area contributed by atoms with Gasteiger partial charge in [0.25, 0.3) is 0 Å². The summed E-state index contributed by atoms with van der Waals surface area (Å²) < 4.78 is 0. The Balaban J connectivity index is 2.53. The highest BCUT2D eigenvalue weighted by Gasteiger charge is 2.06. The summed E-state index contributed by atoms with van der Waals surface area (Å²) in [7, 11) is 2.03. The van der Waals surface area contributed by atoms with Crippen LogP contribution in [0.15, 0.2) is 24.3 Å². The summed E-state index contributed by atoms with van der Waals surface area (Å²) in [5.41, 5.74) is 2.94. The van der Waals surface area contributed by atoms with Crippen molar-refractivity contribution < 1.29 is 0 Å². The molecule has 1 aromatic carbocycles. The van der Waals surface area contributed by atoms with Crippen LogP contribution in [0.4, 0.5) is 0 Å². The van der Waals surface area contributed by atoms with Crippen LogP contribution in [0.25, 0.3) is 0 Å². The molecule has 0 saturated heterocycles. The highest BCUT2D eigenvalue weighted by molar-refractivity contribution is 5.23. The molecule has 0 heterocycles. The average molecular weight is 219 g/mol. The fourth-order valence-electron chi connectivity index (χ4n) is 2.11. The standard InChI is InChI=1S/C15H25N/c1-4-6-14-7-9-15(10-8-14)11-13(5-2)12-16-3/h7-10,13,16H,4-6,11-12H2,1-3H3. The van der Waals surface area contributed by atoms with Gasteiger partial charge in [0.2, 0.25) is 0 Å². The molecular weight excluding hydrogens is 194 g/mol. The first-order valence-corrected chi connectivity index (χ1v) is 6.52. The summed E-state index contributed by atoms with van der Waals surface area (Å²) in [6.07, 6.45) is 4.88. The topological polar surface area (TPSA) is 12.0 Å². The number of hydrogen-bond donors (Lipinski definition) is 1. The lowest BCUT2D eigenvalue weighted by atomic mass is 9.96. The van der Waals surface area contributed by atoms with Crippen LogP contribution in [0.5, 0.6) is 0 Å². The Morgan fingerprint density at radius 1 is 1.06 bits per heavy atom. The van der Waals surface area contributed by atoms with Crippen molar-refractivity contribution in [2.45, 2.75) is 39.5 Å². The van der Waals surface area contributed by atoms with Crippen LogP contribution in [-0.4, -0.2) is 13.6 Å². The van der Waals surface area contributed by atoms with Crippen LogP contribution in [0.1, 0.15) is 37.8 Å². The van der Waals surface area contributed by atoms with E-state index in [2.05, 4.69) is 43.4 Å². The maximum atomic E-state index is 3.27. The molecule has 0 aliphatic rings. The van der Waals surface area contributed by atoms with Crippen molar-refractivity contribution in [1.29, 1.82) is 0 Å². The van der Waals surface area contributed by atoms with Gasteiger partial charge in [0.1, 0.15) is 0 Å². The van der Waals surface area contributed by atoms with E-state index in [1.165, 1.54) is 36.8 Å². The molecule has 1 aromatic rings. The van der Waals surface area contributed by atoms with Gasteiger partial charge in [0, 0.05) is 0 Å². The van der Waals surface area contributed by atoms with Gasteiger partial charge in [-0.3, -0.25) is 0 Å². The van der Waals surface area contributed by atoms with Gasteiger partial charge in [-0.1, -0.05) is 51.0 Å². The van der Waals surface area contributed by atoms with Crippen LogP contribution in [0, 0.1) is 5.92 Å². The van der Waals surface area contributed by atoms with Crippen molar-refractivity contribution in [2.24, 2.45) is 5.92 Å². The first-order valence-electron chi connectivity index (χ1n) is 6.52. The van der Waals surface area contributed by atoms with Crippen LogP contribution < -0.4 is 5.32 Å². The Morgan fingerprint density at radius 2 is 1.69 bits per heavy atom. The fraction of sp³-hybridized carbons (Fsp3) is 0.600. The summed E-state index contributed by atoms with van der Waals surface area (Å²) in [5, 5.41) is 3.27. The first-order chi connectivity index (χ1) is 7.80. The van der Waals surface area contributed by atoms with Crippen molar-refractivity contribution in [1.82, 2.24) is 5.32 Å². The summed E-state index contributed by atoms with van der Waals surface area (Å²) in [6, 6.07) is 9.16. The van der Waals surface area contributed by atoms with Gasteiger partial charge in [-0.25, -0.2) is 0 Å². The molecular formula is C15H25N. The van der Waals surface area contributed by atoms with Crippen LogP contribution in [0.2, 0.25) is 0 Å². The number of nitrogens with one attached hydrogen (secondary N) is 1. The molecule has 1 nitrogen and oxygen atoms in total. The molecule has 0 bridgehead atoms. The number of aryl methyl sites for hydroxylation is 1. The Labute approximate surface area is 100 Å². The predicted octanol–water partition coefficient (Wildman–Crippen LogP) is 3.43. The average Bonchev–Trinajstić information content (AvgIpc) is 2.31. The number of hydrogen-bond acceptors (Lipinski definition) is 1. The third-order valence-corrected chi connectivity index (χ3v) is 3.16. The van der Waals surface area contributed by atoms with Crippen molar-refractivity contribution in [2.75, 3.05) is 13.6 Å². The highest BCUT2D eigenvalue weighted by Crippen LogP contribution is 2.13. The van der Waals surface area contributed by atoms with Crippen LogP contribution in [0.3, 0.4) is 0 Å². The Hall–Kier alpha value is -0.820. The molecule has 0 saturated carbocycles. The second-order valence-electron chi connectivity index (χ2n) is 4.60. The molecule has 0 radical (unpaired) electrons. The maximum Gasteiger partial charge on any atom is -0.00204 e. The molecule has 0 spiro atoms. The lowest BCUT2D eigenvalue weighted by Crippen LogP contribution is -2.20. The van der Waals surface area contributed by atoms with Gasteiger partial charge in [0.15, 0.2) is 0 Å². The lowest BCUT2D eigenvalue weighted by Gasteiger charge is -2.14. The summed E-state index contributed by atoms with van der Waals surface area (Å²) in [6.45, 7) is 5.62. The number of rotatable bonds is 7. The molecule has 1 atom stereocenters. The second kappa shape index (κ2) is 7.45. The molecule has 0 aliphatic carbocycles. The third-order valence-electron chi connectivity index (χ3n) is 3.16. The summed E-state index contributed by atoms with van der Waals surface area (Å²) >= 11 is 0. The zero-order valence-electron chi connectivity index (χ0n) is 10.9. The minimum atomic E-state index is 0.766. The van der Waals surface area contributed by atoms with E-state index in [1.54, 1.807) is 0 Å². The van der Waals surface area contributed by atoms with E-state index in [4.69, 9.17) is 0 Å². The molecule has 16 heavy (non-hydrogen) atoms. The lowest BCUT2D eigenvalue weighted by molar-refractivity contribution is 0.481. The van der Waals surface area contributed by atoms with E-state index in [1.807, 2.05) is 7.05 Å². The molecule has 0 amide bonds. The van der Waals surface area contributed by atoms with Gasteiger partial charge in [-0.15, -0.1) is 0 Å². The van der Waals surface area contributed by atoms with Gasteiger partial charge in [-0.05, 0) is 43.5 Å².